The molecule has 0 spiro atoms. The van der Waals surface area contributed by atoms with Gasteiger partial charge in [0.25, 0.3) is 11.5 Å². The van der Waals surface area contributed by atoms with Crippen molar-refractivity contribution < 1.29 is 14.3 Å². The summed E-state index contributed by atoms with van der Waals surface area (Å²) in [7, 11) is 0. The summed E-state index contributed by atoms with van der Waals surface area (Å²) in [6, 6.07) is 8.48. The minimum atomic E-state index is -0.601. The molecule has 9 nitrogen and oxygen atoms in total. The van der Waals surface area contributed by atoms with Crippen LogP contribution in [0.25, 0.3) is 11.0 Å². The number of carbonyl (C=O) groups is 2. The van der Waals surface area contributed by atoms with E-state index in [4.69, 9.17) is 4.74 Å². The Balaban J connectivity index is 1.36. The molecule has 3 aromatic rings. The van der Waals surface area contributed by atoms with Crippen LogP contribution >= 0.6 is 11.3 Å². The van der Waals surface area contributed by atoms with Gasteiger partial charge in [-0.25, -0.2) is 9.97 Å². The number of carbonyl (C=O) groups excluding carboxylic acids is 2. The number of benzene rings is 1. The van der Waals surface area contributed by atoms with Crippen molar-refractivity contribution in [1.29, 1.82) is 0 Å². The molecule has 1 saturated heterocycles. The Bertz CT molecular complexity index is 1410. The molecule has 0 unspecified atom stereocenters. The van der Waals surface area contributed by atoms with Gasteiger partial charge in [-0.1, -0.05) is 44.2 Å². The Kier molecular flexibility index (Phi) is 9.82. The van der Waals surface area contributed by atoms with Gasteiger partial charge in [-0.3, -0.25) is 24.6 Å². The van der Waals surface area contributed by atoms with Crippen molar-refractivity contribution in [3.05, 3.63) is 51.4 Å². The van der Waals surface area contributed by atoms with Crippen molar-refractivity contribution in [3.8, 4) is 0 Å². The van der Waals surface area contributed by atoms with Crippen molar-refractivity contribution in [2.45, 2.75) is 103 Å². The van der Waals surface area contributed by atoms with E-state index >= 15 is 0 Å². The number of thiazole rings is 1. The lowest BCUT2D eigenvalue weighted by atomic mass is 9.94. The molecule has 41 heavy (non-hydrogen) atoms. The Morgan fingerprint density at radius 1 is 1.07 bits per heavy atom. The fraction of sp³-hybridized carbons (Fsp3) is 0.581. The van der Waals surface area contributed by atoms with E-state index in [1.54, 1.807) is 16.9 Å². The van der Waals surface area contributed by atoms with Gasteiger partial charge in [0.15, 0.2) is 10.8 Å². The summed E-state index contributed by atoms with van der Waals surface area (Å²) >= 11 is 1.20. The molecule has 1 saturated carbocycles. The average molecular weight is 580 g/mol. The van der Waals surface area contributed by atoms with E-state index in [2.05, 4.69) is 27.1 Å². The molecule has 2 aromatic heterocycles. The quantitative estimate of drug-likeness (QED) is 0.322. The summed E-state index contributed by atoms with van der Waals surface area (Å²) < 4.78 is 6.74. The fourth-order valence-corrected chi connectivity index (χ4v) is 7.26. The Morgan fingerprint density at radius 2 is 1.83 bits per heavy atom. The summed E-state index contributed by atoms with van der Waals surface area (Å²) in [6.07, 6.45) is 12.4. The molecule has 5 rings (SSSR count). The van der Waals surface area contributed by atoms with Crippen LogP contribution in [0.5, 0.6) is 0 Å². The summed E-state index contributed by atoms with van der Waals surface area (Å²) in [5.74, 6) is -0.977. The first-order valence-electron chi connectivity index (χ1n) is 15.1. The lowest BCUT2D eigenvalue weighted by molar-refractivity contribution is -0.142. The first-order valence-corrected chi connectivity index (χ1v) is 16.0. The molecule has 1 aliphatic carbocycles. The molecule has 1 aromatic carbocycles. The number of amides is 1. The van der Waals surface area contributed by atoms with Gasteiger partial charge < -0.3 is 9.30 Å². The number of nitrogens with one attached hydrogen (secondary N) is 1. The number of para-hydroxylation sites is 2. The van der Waals surface area contributed by atoms with Crippen LogP contribution in [0.3, 0.4) is 0 Å². The molecule has 2 fully saturated rings. The summed E-state index contributed by atoms with van der Waals surface area (Å²) in [4.78, 5) is 50.5. The number of anilines is 1. The van der Waals surface area contributed by atoms with Crippen LogP contribution in [0.1, 0.15) is 100 Å². The van der Waals surface area contributed by atoms with E-state index < -0.39 is 11.5 Å². The third-order valence-corrected chi connectivity index (χ3v) is 9.24. The van der Waals surface area contributed by atoms with Gasteiger partial charge >= 0.3 is 5.97 Å². The van der Waals surface area contributed by atoms with Crippen LogP contribution in [0.2, 0.25) is 0 Å². The molecule has 1 aliphatic heterocycles. The highest BCUT2D eigenvalue weighted by Gasteiger charge is 2.32. The topological polar surface area (TPSA) is 106 Å². The lowest BCUT2D eigenvalue weighted by Crippen LogP contribution is -2.41. The van der Waals surface area contributed by atoms with E-state index in [9.17, 15) is 14.4 Å². The third kappa shape index (κ3) is 7.04. The normalized spacial score (nSPS) is 19.5. The summed E-state index contributed by atoms with van der Waals surface area (Å²) in [6.45, 7) is 5.27. The second-order valence-electron chi connectivity index (χ2n) is 11.3. The average Bonchev–Trinajstić information content (AvgIpc) is 3.57. The molecule has 220 valence electrons. The highest BCUT2D eigenvalue weighted by Crippen LogP contribution is 2.32. The molecule has 2 atom stereocenters. The Labute approximate surface area is 245 Å². The van der Waals surface area contributed by atoms with Gasteiger partial charge in [-0.05, 0) is 64.6 Å². The number of hydrogen-bond donors (Lipinski definition) is 1. The van der Waals surface area contributed by atoms with E-state index in [0.717, 1.165) is 24.9 Å². The molecule has 0 bridgehead atoms. The number of aromatic nitrogens is 3. The maximum absolute atomic E-state index is 13.9. The number of ether oxygens (including phenoxy) is 1. The van der Waals surface area contributed by atoms with Crippen molar-refractivity contribution in [2.75, 3.05) is 18.5 Å². The zero-order valence-corrected chi connectivity index (χ0v) is 25.0. The van der Waals surface area contributed by atoms with Gasteiger partial charge in [0.1, 0.15) is 0 Å². The highest BCUT2D eigenvalue weighted by atomic mass is 32.1. The molecule has 1 amide bonds. The maximum atomic E-state index is 13.9. The minimum Gasteiger partial charge on any atom is -0.466 e. The van der Waals surface area contributed by atoms with Crippen LogP contribution in [0.15, 0.2) is 34.4 Å². The minimum absolute atomic E-state index is 0.0256. The standard InChI is InChI=1S/C31H41N5O4S/c1-3-40-27(37)19-22-20-41-31(32-22)34-29(38)28-30(39)36(26-16-10-9-15-25(26)33-28)21(2)18-24-14-11-17-35(24)23-12-7-5-4-6-8-13-23/h9-10,15-16,20-21,23-24H,3-8,11-14,17-19H2,1-2H3,(H,32,34,38)/t21-,24-/m0/s1. The van der Waals surface area contributed by atoms with Gasteiger partial charge in [-0.2, -0.15) is 0 Å². The Hall–Kier alpha value is -3.11. The Morgan fingerprint density at radius 3 is 2.61 bits per heavy atom. The van der Waals surface area contributed by atoms with Gasteiger partial charge in [0, 0.05) is 23.5 Å². The second kappa shape index (κ2) is 13.7. The smallest absolute Gasteiger partial charge is 0.311 e. The van der Waals surface area contributed by atoms with Crippen LogP contribution in [-0.2, 0) is 16.0 Å². The van der Waals surface area contributed by atoms with Gasteiger partial charge in [0.05, 0.1) is 29.8 Å². The van der Waals surface area contributed by atoms with Crippen molar-refractivity contribution in [3.63, 3.8) is 0 Å². The summed E-state index contributed by atoms with van der Waals surface area (Å²) in [5, 5.41) is 4.73. The first kappa shape index (κ1) is 29.4. The number of rotatable bonds is 9. The lowest BCUT2D eigenvalue weighted by Gasteiger charge is -2.36. The van der Waals surface area contributed by atoms with Gasteiger partial charge in [-0.15, -0.1) is 11.3 Å². The largest absolute Gasteiger partial charge is 0.466 e. The van der Waals surface area contributed by atoms with Crippen LogP contribution in [-0.4, -0.2) is 56.5 Å². The molecule has 2 aliphatic rings. The second-order valence-corrected chi connectivity index (χ2v) is 12.2. The number of fused-ring (bicyclic) bond motifs is 1. The zero-order valence-electron chi connectivity index (χ0n) is 24.1. The van der Waals surface area contributed by atoms with E-state index in [1.165, 1.54) is 62.7 Å². The van der Waals surface area contributed by atoms with E-state index in [0.29, 0.717) is 35.0 Å². The molecular weight excluding hydrogens is 538 g/mol. The van der Waals surface area contributed by atoms with Gasteiger partial charge in [0.2, 0.25) is 0 Å². The van der Waals surface area contributed by atoms with Crippen molar-refractivity contribution >= 4 is 39.4 Å². The predicted molar refractivity (Wildman–Crippen MR) is 162 cm³/mol. The van der Waals surface area contributed by atoms with Crippen molar-refractivity contribution in [1.82, 2.24) is 19.4 Å². The molecule has 3 heterocycles. The van der Waals surface area contributed by atoms with Crippen LogP contribution in [0.4, 0.5) is 5.13 Å². The number of hydrogen-bond acceptors (Lipinski definition) is 8. The molecule has 1 N–H and O–H groups in total. The number of esters is 1. The van der Waals surface area contributed by atoms with Crippen molar-refractivity contribution in [2.24, 2.45) is 0 Å². The monoisotopic (exact) mass is 579 g/mol. The third-order valence-electron chi connectivity index (χ3n) is 8.43. The molecule has 0 radical (unpaired) electrons. The highest BCUT2D eigenvalue weighted by molar-refractivity contribution is 7.14. The SMILES string of the molecule is CCOC(=O)Cc1csc(NC(=O)c2nc3ccccc3n([C@@H](C)C[C@@H]3CCCN3C3CCCCCCC3)c2=O)n1. The fourth-order valence-electron chi connectivity index (χ4n) is 6.56. The van der Waals surface area contributed by atoms with Crippen LogP contribution < -0.4 is 10.9 Å². The molecular formula is C31H41N5O4S. The first-order chi connectivity index (χ1) is 19.9. The number of nitrogens with zero attached hydrogens (tertiary/aromatic N) is 4. The van der Waals surface area contributed by atoms with E-state index in [1.807, 2.05) is 24.3 Å². The molecule has 10 heteroatoms. The number of likely N-dealkylation sites (tertiary alicyclic amines) is 1. The predicted octanol–water partition coefficient (Wildman–Crippen LogP) is 5.74. The summed E-state index contributed by atoms with van der Waals surface area (Å²) in [5.41, 5.74) is 1.30. The maximum Gasteiger partial charge on any atom is 0.311 e. The van der Waals surface area contributed by atoms with E-state index in [-0.39, 0.29) is 24.1 Å². The van der Waals surface area contributed by atoms with Crippen LogP contribution in [0, 0.1) is 0 Å². The zero-order chi connectivity index (χ0) is 28.8.